The first-order valence-corrected chi connectivity index (χ1v) is 35.6. The van der Waals surface area contributed by atoms with Crippen molar-refractivity contribution in [3.05, 3.63) is 24.3 Å². The summed E-state index contributed by atoms with van der Waals surface area (Å²) in [5.74, 6) is -0.161. The van der Waals surface area contributed by atoms with Crippen molar-refractivity contribution < 1.29 is 32.9 Å². The van der Waals surface area contributed by atoms with Gasteiger partial charge in [-0.05, 0) is 44.9 Å². The molecule has 458 valence electrons. The van der Waals surface area contributed by atoms with Gasteiger partial charge in [0.2, 0.25) is 5.91 Å². The maximum absolute atomic E-state index is 13.0. The van der Waals surface area contributed by atoms with E-state index in [4.69, 9.17) is 9.05 Å². The molecule has 1 amide bonds. The van der Waals surface area contributed by atoms with Gasteiger partial charge in [-0.1, -0.05) is 327 Å². The molecule has 0 aromatic heterocycles. The molecule has 0 aliphatic carbocycles. The zero-order valence-electron chi connectivity index (χ0n) is 52.4. The zero-order valence-corrected chi connectivity index (χ0v) is 53.3. The number of aliphatic hydroxyl groups is 1. The lowest BCUT2D eigenvalue weighted by Crippen LogP contribution is -2.46. The van der Waals surface area contributed by atoms with E-state index in [1.807, 2.05) is 21.1 Å². The number of rotatable bonds is 64. The summed E-state index contributed by atoms with van der Waals surface area (Å²) in [6.45, 7) is 4.77. The molecule has 0 spiro atoms. The topological polar surface area (TPSA) is 108 Å². The van der Waals surface area contributed by atoms with Crippen molar-refractivity contribution in [3.8, 4) is 0 Å². The Kier molecular flexibility index (Phi) is 58.8. The highest BCUT2D eigenvalue weighted by Gasteiger charge is 2.24. The fraction of sp³-hybridized carbons (Fsp3) is 0.926. The molecule has 0 radical (unpaired) electrons. The van der Waals surface area contributed by atoms with E-state index in [0.29, 0.717) is 23.9 Å². The van der Waals surface area contributed by atoms with Gasteiger partial charge in [-0.2, -0.15) is 0 Å². The van der Waals surface area contributed by atoms with Crippen molar-refractivity contribution in [2.75, 3.05) is 40.9 Å². The van der Waals surface area contributed by atoms with Gasteiger partial charge in [0.05, 0.1) is 39.9 Å². The fourth-order valence-corrected chi connectivity index (χ4v) is 11.3. The van der Waals surface area contributed by atoms with Crippen LogP contribution >= 0.6 is 7.82 Å². The molecule has 0 aromatic rings. The van der Waals surface area contributed by atoms with E-state index in [9.17, 15) is 19.4 Å². The Hall–Kier alpha value is -1.02. The maximum atomic E-state index is 13.0. The van der Waals surface area contributed by atoms with E-state index in [1.54, 1.807) is 0 Å². The Balaban J connectivity index is 4.01. The van der Waals surface area contributed by atoms with Crippen LogP contribution in [-0.4, -0.2) is 68.5 Å². The molecule has 0 fully saturated rings. The number of phosphoric acid groups is 1. The number of aliphatic hydroxyl groups excluding tert-OH is 1. The van der Waals surface area contributed by atoms with Crippen LogP contribution in [0.1, 0.15) is 354 Å². The Labute approximate surface area is 481 Å². The SMILES string of the molecule is CCCCCCC/C=C\C/C=C\CCCCCCCCCCCCCC(=O)NC(COP(=O)([O-])OCC[N+](C)(C)C)C(O)CCCCCCCCCCCCCCCCCCCCCCCCCCCCCCCCCC. The number of likely N-dealkylation sites (N-methyl/N-ethyl adjacent to an activating group) is 1. The number of nitrogens with one attached hydrogen (secondary N) is 1. The molecule has 0 saturated carbocycles. The summed E-state index contributed by atoms with van der Waals surface area (Å²) in [6, 6.07) is -0.802. The van der Waals surface area contributed by atoms with Crippen LogP contribution in [0.15, 0.2) is 24.3 Å². The van der Waals surface area contributed by atoms with Crippen molar-refractivity contribution in [1.29, 1.82) is 0 Å². The van der Waals surface area contributed by atoms with Crippen LogP contribution in [0.2, 0.25) is 0 Å². The van der Waals surface area contributed by atoms with E-state index in [-0.39, 0.29) is 19.1 Å². The third-order valence-electron chi connectivity index (χ3n) is 15.9. The molecule has 0 aliphatic rings. The predicted octanol–water partition coefficient (Wildman–Crippen LogP) is 20.9. The molecule has 3 unspecified atom stereocenters. The summed E-state index contributed by atoms with van der Waals surface area (Å²) in [6.07, 6.45) is 76.8. The summed E-state index contributed by atoms with van der Waals surface area (Å²) in [4.78, 5) is 25.6. The minimum absolute atomic E-state index is 0.0134. The number of unbranched alkanes of at least 4 members (excludes halogenated alkanes) is 47. The lowest BCUT2D eigenvalue weighted by Gasteiger charge is -2.30. The number of carbonyl (C=O) groups is 1. The van der Waals surface area contributed by atoms with Crippen LogP contribution in [0.4, 0.5) is 0 Å². The van der Waals surface area contributed by atoms with Crippen LogP contribution in [0, 0.1) is 0 Å². The van der Waals surface area contributed by atoms with E-state index in [0.717, 1.165) is 44.9 Å². The minimum Gasteiger partial charge on any atom is -0.756 e. The summed E-state index contributed by atoms with van der Waals surface area (Å²) in [5, 5.41) is 14.1. The molecular weight excluding hydrogens is 972 g/mol. The second-order valence-corrected chi connectivity index (χ2v) is 26.3. The number of carbonyl (C=O) groups excluding carboxylic acids is 1. The third kappa shape index (κ3) is 62.4. The largest absolute Gasteiger partial charge is 0.756 e. The van der Waals surface area contributed by atoms with Crippen LogP contribution < -0.4 is 10.2 Å². The number of hydrogen-bond donors (Lipinski definition) is 2. The maximum Gasteiger partial charge on any atom is 0.268 e. The van der Waals surface area contributed by atoms with Crippen LogP contribution in [0.25, 0.3) is 0 Å². The molecule has 2 N–H and O–H groups in total. The molecule has 3 atom stereocenters. The first kappa shape index (κ1) is 76.0. The van der Waals surface area contributed by atoms with Gasteiger partial charge >= 0.3 is 0 Å². The quantitative estimate of drug-likeness (QED) is 0.0272. The number of allylic oxidation sites excluding steroid dienone is 4. The lowest BCUT2D eigenvalue weighted by atomic mass is 10.0. The molecule has 0 bridgehead atoms. The molecule has 0 aromatic carbocycles. The summed E-state index contributed by atoms with van der Waals surface area (Å²) < 4.78 is 23.5. The first-order chi connectivity index (χ1) is 37.5. The highest BCUT2D eigenvalue weighted by Crippen LogP contribution is 2.38. The highest BCUT2D eigenvalue weighted by atomic mass is 31.2. The van der Waals surface area contributed by atoms with E-state index in [2.05, 4.69) is 43.5 Å². The van der Waals surface area contributed by atoms with Gasteiger partial charge in [0.15, 0.2) is 0 Å². The van der Waals surface area contributed by atoms with Gasteiger partial charge in [0, 0.05) is 6.42 Å². The van der Waals surface area contributed by atoms with Crippen molar-refractivity contribution in [3.63, 3.8) is 0 Å². The van der Waals surface area contributed by atoms with Gasteiger partial charge in [-0.3, -0.25) is 9.36 Å². The van der Waals surface area contributed by atoms with Gasteiger partial charge in [-0.25, -0.2) is 0 Å². The highest BCUT2D eigenvalue weighted by molar-refractivity contribution is 7.45. The summed E-state index contributed by atoms with van der Waals surface area (Å²) in [5.41, 5.74) is 0. The molecule has 0 rings (SSSR count). The van der Waals surface area contributed by atoms with Crippen molar-refractivity contribution in [1.82, 2.24) is 5.32 Å². The predicted molar refractivity (Wildman–Crippen MR) is 335 cm³/mol. The first-order valence-electron chi connectivity index (χ1n) is 34.2. The standard InChI is InChI=1S/C68H135N2O6P/c1-6-8-10-12-14-16-18-20-22-24-26-28-30-31-32-33-34-35-36-37-38-40-41-43-45-47-49-51-53-55-57-59-61-67(71)66(65-76-77(73,74)75-64-63-70(3,4)5)69-68(72)62-60-58-56-54-52-50-48-46-44-42-39-29-27-25-23-21-19-17-15-13-11-9-7-2/h19,21,25,27,66-67,71H,6-18,20,22-24,26,28-65H2,1-5H3,(H-,69,72,73,74)/b21-19-,27-25-. The van der Waals surface area contributed by atoms with Crippen LogP contribution in [0.3, 0.4) is 0 Å². The Morgan fingerprint density at radius 2 is 0.753 bits per heavy atom. The monoisotopic (exact) mass is 1110 g/mol. The number of amides is 1. The molecule has 8 nitrogen and oxygen atoms in total. The number of nitrogens with zero attached hydrogens (tertiary/aromatic N) is 1. The normalized spacial score (nSPS) is 13.8. The summed E-state index contributed by atoms with van der Waals surface area (Å²) in [7, 11) is 1.32. The van der Waals surface area contributed by atoms with Gasteiger partial charge in [0.1, 0.15) is 13.2 Å². The second kappa shape index (κ2) is 59.6. The number of phosphoric ester groups is 1. The smallest absolute Gasteiger partial charge is 0.268 e. The Morgan fingerprint density at radius 1 is 0.455 bits per heavy atom. The number of quaternary nitrogens is 1. The van der Waals surface area contributed by atoms with Crippen molar-refractivity contribution in [2.45, 2.75) is 366 Å². The lowest BCUT2D eigenvalue weighted by molar-refractivity contribution is -0.870. The van der Waals surface area contributed by atoms with Crippen molar-refractivity contribution >= 4 is 13.7 Å². The van der Waals surface area contributed by atoms with E-state index >= 15 is 0 Å². The van der Waals surface area contributed by atoms with Gasteiger partial charge in [-0.15, -0.1) is 0 Å². The molecule has 0 heterocycles. The minimum atomic E-state index is -4.58. The average molecular weight is 1110 g/mol. The molecule has 0 saturated heterocycles. The van der Waals surface area contributed by atoms with E-state index in [1.165, 1.54) is 283 Å². The second-order valence-electron chi connectivity index (χ2n) is 24.9. The Morgan fingerprint density at radius 3 is 1.08 bits per heavy atom. The van der Waals surface area contributed by atoms with Crippen LogP contribution in [-0.2, 0) is 18.4 Å². The van der Waals surface area contributed by atoms with Crippen molar-refractivity contribution in [2.24, 2.45) is 0 Å². The van der Waals surface area contributed by atoms with Crippen LogP contribution in [0.5, 0.6) is 0 Å². The zero-order chi connectivity index (χ0) is 56.3. The molecule has 77 heavy (non-hydrogen) atoms. The molecule has 0 aliphatic heterocycles. The third-order valence-corrected chi connectivity index (χ3v) is 16.9. The fourth-order valence-electron chi connectivity index (χ4n) is 10.6. The Bertz CT molecular complexity index is 1300. The van der Waals surface area contributed by atoms with Gasteiger partial charge in [0.25, 0.3) is 7.82 Å². The summed E-state index contributed by atoms with van der Waals surface area (Å²) >= 11 is 0. The van der Waals surface area contributed by atoms with E-state index < -0.39 is 20.0 Å². The average Bonchev–Trinajstić information content (AvgIpc) is 3.39. The van der Waals surface area contributed by atoms with Gasteiger partial charge < -0.3 is 28.8 Å². The number of hydrogen-bond acceptors (Lipinski definition) is 6. The molecular formula is C68H135N2O6P. The molecule has 9 heteroatoms.